The normalized spacial score (nSPS) is 11.3. The number of anilines is 1. The highest BCUT2D eigenvalue weighted by Crippen LogP contribution is 2.15. The van der Waals surface area contributed by atoms with Gasteiger partial charge in [-0.15, -0.1) is 0 Å². The van der Waals surface area contributed by atoms with Gasteiger partial charge < -0.3 is 25.1 Å². The molecule has 0 aliphatic rings. The van der Waals surface area contributed by atoms with Crippen LogP contribution >= 0.6 is 0 Å². The topological polar surface area (TPSA) is 110 Å². The molecule has 3 rings (SSSR count). The minimum atomic E-state index is -0.851. The van der Waals surface area contributed by atoms with Crippen LogP contribution in [0.2, 0.25) is 0 Å². The Morgan fingerprint density at radius 2 is 1.69 bits per heavy atom. The van der Waals surface area contributed by atoms with Gasteiger partial charge in [0.1, 0.15) is 11.6 Å². The van der Waals surface area contributed by atoms with E-state index in [2.05, 4.69) is 16.0 Å². The number of carbonyl (C=O) groups excluding carboxylic acids is 3. The summed E-state index contributed by atoms with van der Waals surface area (Å²) in [6.45, 7) is 2.02. The van der Waals surface area contributed by atoms with Crippen LogP contribution in [0.4, 0.5) is 10.1 Å². The number of rotatable bonds is 9. The Kier molecular flexibility index (Phi) is 7.58. The summed E-state index contributed by atoms with van der Waals surface area (Å²) in [7, 11) is 0. The van der Waals surface area contributed by atoms with Crippen molar-refractivity contribution < 1.29 is 27.9 Å². The van der Waals surface area contributed by atoms with E-state index >= 15 is 0 Å². The Balaban J connectivity index is 1.42. The molecule has 1 aromatic heterocycles. The van der Waals surface area contributed by atoms with Gasteiger partial charge >= 0.3 is 0 Å². The van der Waals surface area contributed by atoms with Crippen LogP contribution in [-0.4, -0.2) is 36.9 Å². The molecule has 0 saturated heterocycles. The molecule has 0 fully saturated rings. The van der Waals surface area contributed by atoms with E-state index in [1.54, 1.807) is 49.4 Å². The largest absolute Gasteiger partial charge is 0.481 e. The van der Waals surface area contributed by atoms with Gasteiger partial charge in [0.15, 0.2) is 11.9 Å². The van der Waals surface area contributed by atoms with E-state index in [1.165, 1.54) is 24.5 Å². The summed E-state index contributed by atoms with van der Waals surface area (Å²) >= 11 is 0. The Morgan fingerprint density at radius 3 is 2.34 bits per heavy atom. The highest BCUT2D eigenvalue weighted by atomic mass is 19.1. The second-order valence-electron chi connectivity index (χ2n) is 6.77. The maximum absolute atomic E-state index is 13.2. The van der Waals surface area contributed by atoms with Crippen LogP contribution in [0, 0.1) is 5.82 Å². The number of amides is 3. The molecule has 3 amide bonds. The van der Waals surface area contributed by atoms with E-state index in [0.717, 1.165) is 0 Å². The summed E-state index contributed by atoms with van der Waals surface area (Å²) < 4.78 is 23.6. The number of hydrogen-bond acceptors (Lipinski definition) is 5. The first kappa shape index (κ1) is 22.5. The minimum absolute atomic E-state index is 0.199. The van der Waals surface area contributed by atoms with E-state index < -0.39 is 17.8 Å². The van der Waals surface area contributed by atoms with Crippen molar-refractivity contribution in [3.05, 3.63) is 84.1 Å². The third kappa shape index (κ3) is 6.43. The van der Waals surface area contributed by atoms with E-state index in [9.17, 15) is 18.8 Å². The van der Waals surface area contributed by atoms with Crippen LogP contribution in [0.25, 0.3) is 0 Å². The van der Waals surface area contributed by atoms with Gasteiger partial charge in [-0.05, 0) is 55.5 Å². The number of carbonyl (C=O) groups is 3. The fourth-order valence-corrected chi connectivity index (χ4v) is 2.70. The molecule has 3 aromatic rings. The van der Waals surface area contributed by atoms with Crippen molar-refractivity contribution in [3.8, 4) is 5.75 Å². The lowest BCUT2D eigenvalue weighted by Crippen LogP contribution is -2.34. The van der Waals surface area contributed by atoms with Crippen molar-refractivity contribution in [3.63, 3.8) is 0 Å². The minimum Gasteiger partial charge on any atom is -0.481 e. The first-order valence-corrected chi connectivity index (χ1v) is 9.85. The Hall–Kier alpha value is -4.14. The third-order valence-corrected chi connectivity index (χ3v) is 4.33. The molecule has 32 heavy (non-hydrogen) atoms. The van der Waals surface area contributed by atoms with Gasteiger partial charge in [-0.1, -0.05) is 6.07 Å². The van der Waals surface area contributed by atoms with Crippen molar-refractivity contribution in [2.45, 2.75) is 13.0 Å². The third-order valence-electron chi connectivity index (χ3n) is 4.33. The lowest BCUT2D eigenvalue weighted by atomic mass is 10.2. The number of halogens is 1. The van der Waals surface area contributed by atoms with Gasteiger partial charge in [-0.3, -0.25) is 14.4 Å². The second-order valence-corrected chi connectivity index (χ2v) is 6.77. The van der Waals surface area contributed by atoms with Crippen LogP contribution in [0.1, 0.15) is 27.8 Å². The van der Waals surface area contributed by atoms with Crippen molar-refractivity contribution in [1.82, 2.24) is 10.6 Å². The molecule has 0 aliphatic carbocycles. The average Bonchev–Trinajstić information content (AvgIpc) is 3.32. The number of furan rings is 1. The van der Waals surface area contributed by atoms with Crippen molar-refractivity contribution in [1.29, 1.82) is 0 Å². The molecule has 1 heterocycles. The first-order chi connectivity index (χ1) is 15.4. The summed E-state index contributed by atoms with van der Waals surface area (Å²) in [4.78, 5) is 36.2. The van der Waals surface area contributed by atoms with E-state index in [4.69, 9.17) is 9.15 Å². The molecule has 2 aromatic carbocycles. The summed E-state index contributed by atoms with van der Waals surface area (Å²) in [5.74, 6) is -1.11. The smallest absolute Gasteiger partial charge is 0.287 e. The number of nitrogens with one attached hydrogen (secondary N) is 3. The quantitative estimate of drug-likeness (QED) is 0.444. The van der Waals surface area contributed by atoms with E-state index in [0.29, 0.717) is 11.3 Å². The van der Waals surface area contributed by atoms with Crippen LogP contribution in [0.5, 0.6) is 5.75 Å². The van der Waals surface area contributed by atoms with Gasteiger partial charge in [0.05, 0.1) is 6.26 Å². The van der Waals surface area contributed by atoms with Gasteiger partial charge in [0.2, 0.25) is 0 Å². The summed E-state index contributed by atoms with van der Waals surface area (Å²) in [5.41, 5.74) is 0.872. The zero-order chi connectivity index (χ0) is 22.9. The molecule has 0 aliphatic heterocycles. The lowest BCUT2D eigenvalue weighted by molar-refractivity contribution is -0.122. The van der Waals surface area contributed by atoms with Gasteiger partial charge in [-0.2, -0.15) is 0 Å². The molecular formula is C23H22FN3O5. The maximum Gasteiger partial charge on any atom is 0.287 e. The monoisotopic (exact) mass is 439 g/mol. The van der Waals surface area contributed by atoms with E-state index in [-0.39, 0.29) is 36.4 Å². The molecule has 9 heteroatoms. The highest BCUT2D eigenvalue weighted by molar-refractivity contribution is 5.97. The number of ether oxygens (including phenoxy) is 1. The fourth-order valence-electron chi connectivity index (χ4n) is 2.70. The van der Waals surface area contributed by atoms with Crippen molar-refractivity contribution >= 4 is 23.4 Å². The van der Waals surface area contributed by atoms with Gasteiger partial charge in [0, 0.05) is 30.4 Å². The predicted octanol–water partition coefficient (Wildman–Crippen LogP) is 2.98. The van der Waals surface area contributed by atoms with Crippen LogP contribution in [0.3, 0.4) is 0 Å². The first-order valence-electron chi connectivity index (χ1n) is 9.85. The zero-order valence-electron chi connectivity index (χ0n) is 17.3. The molecule has 0 radical (unpaired) electrons. The molecule has 3 N–H and O–H groups in total. The lowest BCUT2D eigenvalue weighted by Gasteiger charge is -2.15. The molecule has 1 unspecified atom stereocenters. The number of hydrogen-bond donors (Lipinski definition) is 3. The summed E-state index contributed by atoms with van der Waals surface area (Å²) in [5, 5.41) is 7.99. The van der Waals surface area contributed by atoms with Crippen LogP contribution in [-0.2, 0) is 4.79 Å². The molecule has 1 atom stereocenters. The highest BCUT2D eigenvalue weighted by Gasteiger charge is 2.15. The van der Waals surface area contributed by atoms with Crippen molar-refractivity contribution in [2.75, 3.05) is 18.4 Å². The number of benzene rings is 2. The SMILES string of the molecule is CC(Oc1cccc(F)c1)C(=O)Nc1ccc(C(=O)NCCNC(=O)c2ccco2)cc1. The standard InChI is InChI=1S/C23H22FN3O5/c1-15(32-19-5-2-4-17(24)14-19)21(28)27-18-9-7-16(8-10-18)22(29)25-11-12-26-23(30)20-6-3-13-31-20/h2-10,13-15H,11-12H2,1H3,(H,25,29)(H,26,30)(H,27,28). The molecule has 166 valence electrons. The van der Waals surface area contributed by atoms with Gasteiger partial charge in [-0.25, -0.2) is 4.39 Å². The van der Waals surface area contributed by atoms with E-state index in [1.807, 2.05) is 0 Å². The Morgan fingerprint density at radius 1 is 0.969 bits per heavy atom. The Labute approximate surface area is 183 Å². The summed E-state index contributed by atoms with van der Waals surface area (Å²) in [6.07, 6.45) is 0.553. The Bertz CT molecular complexity index is 1070. The van der Waals surface area contributed by atoms with Crippen LogP contribution in [0.15, 0.2) is 71.3 Å². The zero-order valence-corrected chi connectivity index (χ0v) is 17.3. The second kappa shape index (κ2) is 10.8. The predicted molar refractivity (Wildman–Crippen MR) is 115 cm³/mol. The summed E-state index contributed by atoms with van der Waals surface area (Å²) in [6, 6.07) is 15.0. The molecule has 0 saturated carbocycles. The fraction of sp³-hybridized carbons (Fsp3) is 0.174. The maximum atomic E-state index is 13.2. The molecule has 0 spiro atoms. The van der Waals surface area contributed by atoms with Gasteiger partial charge in [0.25, 0.3) is 17.7 Å². The van der Waals surface area contributed by atoms with Crippen molar-refractivity contribution in [2.24, 2.45) is 0 Å². The van der Waals surface area contributed by atoms with Crippen LogP contribution < -0.4 is 20.7 Å². The molecule has 8 nitrogen and oxygen atoms in total. The average molecular weight is 439 g/mol. The molecular weight excluding hydrogens is 417 g/mol. The molecule has 0 bridgehead atoms.